The maximum Gasteiger partial charge on any atom is 0.319 e. The van der Waals surface area contributed by atoms with E-state index in [1.807, 2.05) is 0 Å². The third kappa shape index (κ3) is 2.84. The molecule has 2 fully saturated rings. The molecule has 26 heavy (non-hydrogen) atoms. The van der Waals surface area contributed by atoms with Crippen molar-refractivity contribution in [1.29, 1.82) is 0 Å². The SMILES string of the molecule is Cc1c(NC(=O)NC23CCCC2NCC3)cnn1-c1ccc(F)cc1F. The van der Waals surface area contributed by atoms with Crippen molar-refractivity contribution in [2.24, 2.45) is 0 Å². The Balaban J connectivity index is 1.51. The Hall–Kier alpha value is -2.48. The predicted octanol–water partition coefficient (Wildman–Crippen LogP) is 2.87. The summed E-state index contributed by atoms with van der Waals surface area (Å²) in [5.41, 5.74) is 1.00. The van der Waals surface area contributed by atoms with E-state index < -0.39 is 11.6 Å². The van der Waals surface area contributed by atoms with Gasteiger partial charge in [-0.25, -0.2) is 18.3 Å². The number of fused-ring (bicyclic) bond motifs is 1. The molecule has 0 spiro atoms. The fraction of sp³-hybridized carbons (Fsp3) is 0.444. The number of benzene rings is 1. The minimum Gasteiger partial charge on any atom is -0.331 e. The number of nitrogens with one attached hydrogen (secondary N) is 3. The molecule has 6 nitrogen and oxygen atoms in total. The van der Waals surface area contributed by atoms with Gasteiger partial charge in [0.15, 0.2) is 5.82 Å². The molecule has 2 unspecified atom stereocenters. The van der Waals surface area contributed by atoms with Crippen LogP contribution in [0.25, 0.3) is 5.69 Å². The molecule has 1 saturated heterocycles. The van der Waals surface area contributed by atoms with E-state index in [2.05, 4.69) is 21.0 Å². The summed E-state index contributed by atoms with van der Waals surface area (Å²) in [6.07, 6.45) is 5.52. The lowest BCUT2D eigenvalue weighted by molar-refractivity contribution is 0.234. The van der Waals surface area contributed by atoms with Gasteiger partial charge in [0.1, 0.15) is 11.5 Å². The van der Waals surface area contributed by atoms with Gasteiger partial charge in [0, 0.05) is 12.1 Å². The zero-order valence-corrected chi connectivity index (χ0v) is 14.5. The van der Waals surface area contributed by atoms with E-state index in [-0.39, 0.29) is 17.3 Å². The zero-order valence-electron chi connectivity index (χ0n) is 14.5. The van der Waals surface area contributed by atoms with Gasteiger partial charge in [-0.3, -0.25) is 0 Å². The Labute approximate surface area is 150 Å². The van der Waals surface area contributed by atoms with Gasteiger partial charge in [0.05, 0.1) is 23.1 Å². The van der Waals surface area contributed by atoms with E-state index in [1.165, 1.54) is 23.0 Å². The standard InChI is InChI=1S/C18H21F2N5O/c1-11-14(10-22-25(11)15-5-4-12(19)9-13(15)20)23-17(26)24-18-6-2-3-16(18)21-8-7-18/h4-5,9-10,16,21H,2-3,6-8H2,1H3,(H2,23,24,26). The summed E-state index contributed by atoms with van der Waals surface area (Å²) in [5, 5.41) is 13.5. The monoisotopic (exact) mass is 361 g/mol. The van der Waals surface area contributed by atoms with E-state index >= 15 is 0 Å². The number of urea groups is 1. The first kappa shape index (κ1) is 17.0. The lowest BCUT2D eigenvalue weighted by Crippen LogP contribution is -2.54. The lowest BCUT2D eigenvalue weighted by atomic mass is 9.93. The lowest BCUT2D eigenvalue weighted by Gasteiger charge is -2.30. The molecule has 0 radical (unpaired) electrons. The minimum atomic E-state index is -0.711. The maximum absolute atomic E-state index is 14.0. The molecule has 1 aliphatic carbocycles. The highest BCUT2D eigenvalue weighted by Gasteiger charge is 2.47. The molecule has 1 saturated carbocycles. The fourth-order valence-electron chi connectivity index (χ4n) is 4.16. The fourth-order valence-corrected chi connectivity index (χ4v) is 4.16. The molecular weight excluding hydrogens is 340 g/mol. The first-order chi connectivity index (χ1) is 12.5. The van der Waals surface area contributed by atoms with Gasteiger partial charge < -0.3 is 16.0 Å². The Morgan fingerprint density at radius 1 is 1.38 bits per heavy atom. The summed E-state index contributed by atoms with van der Waals surface area (Å²) in [6, 6.07) is 3.34. The number of hydrogen-bond donors (Lipinski definition) is 3. The zero-order chi connectivity index (χ0) is 18.3. The second kappa shape index (κ2) is 6.35. The van der Waals surface area contributed by atoms with Crippen LogP contribution in [-0.2, 0) is 0 Å². The Morgan fingerprint density at radius 2 is 2.23 bits per heavy atom. The van der Waals surface area contributed by atoms with Crippen LogP contribution < -0.4 is 16.0 Å². The molecule has 1 aliphatic heterocycles. The highest BCUT2D eigenvalue weighted by Crippen LogP contribution is 2.36. The van der Waals surface area contributed by atoms with E-state index in [9.17, 15) is 13.6 Å². The summed E-state index contributed by atoms with van der Waals surface area (Å²) in [7, 11) is 0. The quantitative estimate of drug-likeness (QED) is 0.787. The van der Waals surface area contributed by atoms with Crippen LogP contribution in [0.3, 0.4) is 0 Å². The average Bonchev–Trinajstić information content (AvgIpc) is 3.23. The highest BCUT2D eigenvalue weighted by atomic mass is 19.1. The maximum atomic E-state index is 14.0. The second-order valence-electron chi connectivity index (χ2n) is 7.04. The molecule has 2 heterocycles. The van der Waals surface area contributed by atoms with Crippen molar-refractivity contribution >= 4 is 11.7 Å². The van der Waals surface area contributed by atoms with Gasteiger partial charge in [-0.05, 0) is 51.3 Å². The molecule has 2 aliphatic rings. The van der Waals surface area contributed by atoms with Gasteiger partial charge in [0.2, 0.25) is 0 Å². The molecule has 1 aromatic heterocycles. The molecule has 2 atom stereocenters. The number of amides is 2. The van der Waals surface area contributed by atoms with Crippen molar-refractivity contribution in [1.82, 2.24) is 20.4 Å². The number of rotatable bonds is 3. The van der Waals surface area contributed by atoms with Crippen LogP contribution in [-0.4, -0.2) is 33.9 Å². The highest BCUT2D eigenvalue weighted by molar-refractivity contribution is 5.90. The van der Waals surface area contributed by atoms with Gasteiger partial charge in [0.25, 0.3) is 0 Å². The Bertz CT molecular complexity index is 840. The van der Waals surface area contributed by atoms with E-state index in [0.29, 0.717) is 17.4 Å². The molecule has 1 aromatic carbocycles. The summed E-state index contributed by atoms with van der Waals surface area (Å²) < 4.78 is 28.4. The van der Waals surface area contributed by atoms with Gasteiger partial charge >= 0.3 is 6.03 Å². The first-order valence-corrected chi connectivity index (χ1v) is 8.81. The Morgan fingerprint density at radius 3 is 3.04 bits per heavy atom. The third-order valence-corrected chi connectivity index (χ3v) is 5.50. The molecule has 8 heteroatoms. The number of anilines is 1. The number of nitrogens with zero attached hydrogens (tertiary/aromatic N) is 2. The summed E-state index contributed by atoms with van der Waals surface area (Å²) in [5.74, 6) is -1.36. The van der Waals surface area contributed by atoms with Crippen LogP contribution in [0.4, 0.5) is 19.3 Å². The first-order valence-electron chi connectivity index (χ1n) is 8.81. The van der Waals surface area contributed by atoms with Crippen LogP contribution in [0.15, 0.2) is 24.4 Å². The predicted molar refractivity (Wildman–Crippen MR) is 93.4 cm³/mol. The Kier molecular flexibility index (Phi) is 4.14. The van der Waals surface area contributed by atoms with E-state index in [1.54, 1.807) is 6.92 Å². The minimum absolute atomic E-state index is 0.131. The second-order valence-corrected chi connectivity index (χ2v) is 7.04. The van der Waals surface area contributed by atoms with E-state index in [0.717, 1.165) is 38.3 Å². The average molecular weight is 361 g/mol. The smallest absolute Gasteiger partial charge is 0.319 e. The molecule has 138 valence electrons. The van der Waals surface area contributed by atoms with Crippen molar-refractivity contribution in [2.75, 3.05) is 11.9 Å². The number of aromatic nitrogens is 2. The molecule has 0 bridgehead atoms. The summed E-state index contributed by atoms with van der Waals surface area (Å²) >= 11 is 0. The van der Waals surface area contributed by atoms with Crippen molar-refractivity contribution in [3.05, 3.63) is 41.7 Å². The molecular formula is C18H21F2N5O. The van der Waals surface area contributed by atoms with Crippen molar-refractivity contribution < 1.29 is 13.6 Å². The van der Waals surface area contributed by atoms with Gasteiger partial charge in [-0.1, -0.05) is 0 Å². The van der Waals surface area contributed by atoms with E-state index in [4.69, 9.17) is 0 Å². The third-order valence-electron chi connectivity index (χ3n) is 5.50. The normalized spacial score (nSPS) is 24.5. The number of hydrogen-bond acceptors (Lipinski definition) is 3. The summed E-state index contributed by atoms with van der Waals surface area (Å²) in [6.45, 7) is 2.63. The van der Waals surface area contributed by atoms with Gasteiger partial charge in [-0.2, -0.15) is 5.10 Å². The number of carbonyl (C=O) groups excluding carboxylic acids is 1. The van der Waals surface area contributed by atoms with Crippen molar-refractivity contribution in [3.63, 3.8) is 0 Å². The van der Waals surface area contributed by atoms with Crippen LogP contribution in [0.1, 0.15) is 31.4 Å². The van der Waals surface area contributed by atoms with Crippen molar-refractivity contribution in [2.45, 2.75) is 44.2 Å². The molecule has 2 amide bonds. The summed E-state index contributed by atoms with van der Waals surface area (Å²) in [4.78, 5) is 12.5. The number of halogens is 2. The molecule has 2 aromatic rings. The molecule has 3 N–H and O–H groups in total. The largest absolute Gasteiger partial charge is 0.331 e. The molecule has 4 rings (SSSR count). The van der Waals surface area contributed by atoms with Crippen LogP contribution >= 0.6 is 0 Å². The van der Waals surface area contributed by atoms with Crippen LogP contribution in [0.5, 0.6) is 0 Å². The van der Waals surface area contributed by atoms with Gasteiger partial charge in [-0.15, -0.1) is 0 Å². The van der Waals surface area contributed by atoms with Crippen molar-refractivity contribution in [3.8, 4) is 5.69 Å². The van der Waals surface area contributed by atoms with Crippen LogP contribution in [0.2, 0.25) is 0 Å². The topological polar surface area (TPSA) is 71.0 Å². The van der Waals surface area contributed by atoms with Crippen LogP contribution in [0, 0.1) is 18.6 Å². The number of carbonyl (C=O) groups is 1.